The van der Waals surface area contributed by atoms with Gasteiger partial charge < -0.3 is 9.64 Å². The number of carbonyl (C=O) groups excluding carboxylic acids is 2. The number of unbranched alkanes of at least 4 members (excludes halogenated alkanes) is 1. The summed E-state index contributed by atoms with van der Waals surface area (Å²) in [6.45, 7) is 3.12. The molecule has 1 heterocycles. The van der Waals surface area contributed by atoms with Crippen molar-refractivity contribution in [3.63, 3.8) is 0 Å². The molecular formula is C10H17NO3. The SMILES string of the molecule is CCCCOC(=O)C1CCN(C)C1=O. The van der Waals surface area contributed by atoms with Gasteiger partial charge in [0, 0.05) is 13.6 Å². The lowest BCUT2D eigenvalue weighted by molar-refractivity contribution is -0.152. The Balaban J connectivity index is 2.34. The van der Waals surface area contributed by atoms with E-state index in [0.717, 1.165) is 12.8 Å². The zero-order valence-corrected chi connectivity index (χ0v) is 8.78. The van der Waals surface area contributed by atoms with Crippen molar-refractivity contribution < 1.29 is 14.3 Å². The van der Waals surface area contributed by atoms with Gasteiger partial charge in [-0.2, -0.15) is 0 Å². The summed E-state index contributed by atoms with van der Waals surface area (Å²) < 4.78 is 5.00. The fourth-order valence-corrected chi connectivity index (χ4v) is 1.46. The Bertz CT molecular complexity index is 227. The molecule has 0 spiro atoms. The van der Waals surface area contributed by atoms with Crippen molar-refractivity contribution in [2.45, 2.75) is 26.2 Å². The Hall–Kier alpha value is -1.06. The quantitative estimate of drug-likeness (QED) is 0.382. The van der Waals surface area contributed by atoms with Crippen LogP contribution in [0.4, 0.5) is 0 Å². The number of esters is 1. The first-order chi connectivity index (χ1) is 6.66. The van der Waals surface area contributed by atoms with Crippen LogP contribution in [0.25, 0.3) is 0 Å². The average Bonchev–Trinajstić information content (AvgIpc) is 2.48. The van der Waals surface area contributed by atoms with Gasteiger partial charge in [-0.25, -0.2) is 0 Å². The first-order valence-electron chi connectivity index (χ1n) is 5.08. The van der Waals surface area contributed by atoms with E-state index in [-0.39, 0.29) is 11.9 Å². The van der Waals surface area contributed by atoms with Gasteiger partial charge in [0.2, 0.25) is 5.91 Å². The Morgan fingerprint density at radius 2 is 2.36 bits per heavy atom. The summed E-state index contributed by atoms with van der Waals surface area (Å²) in [5.74, 6) is -1.00. The van der Waals surface area contributed by atoms with Crippen molar-refractivity contribution in [3.8, 4) is 0 Å². The van der Waals surface area contributed by atoms with Crippen LogP contribution in [-0.2, 0) is 14.3 Å². The Morgan fingerprint density at radius 3 is 2.86 bits per heavy atom. The molecular weight excluding hydrogens is 182 g/mol. The largest absolute Gasteiger partial charge is 0.465 e. The van der Waals surface area contributed by atoms with E-state index in [4.69, 9.17) is 4.74 Å². The number of carbonyl (C=O) groups is 2. The van der Waals surface area contributed by atoms with Crippen LogP contribution in [0.2, 0.25) is 0 Å². The molecule has 0 aromatic heterocycles. The molecule has 1 fully saturated rings. The maximum absolute atomic E-state index is 11.4. The van der Waals surface area contributed by atoms with Gasteiger partial charge in [0.05, 0.1) is 6.61 Å². The molecule has 4 heteroatoms. The molecule has 1 atom stereocenters. The van der Waals surface area contributed by atoms with Gasteiger partial charge in [-0.3, -0.25) is 9.59 Å². The van der Waals surface area contributed by atoms with Crippen LogP contribution in [0, 0.1) is 5.92 Å². The molecule has 0 aromatic rings. The number of ether oxygens (including phenoxy) is 1. The monoisotopic (exact) mass is 199 g/mol. The molecule has 0 aromatic carbocycles. The van der Waals surface area contributed by atoms with Gasteiger partial charge in [0.15, 0.2) is 0 Å². The molecule has 80 valence electrons. The summed E-state index contributed by atoms with van der Waals surface area (Å²) in [5, 5.41) is 0. The van der Waals surface area contributed by atoms with Crippen LogP contribution in [0.1, 0.15) is 26.2 Å². The van der Waals surface area contributed by atoms with Crippen molar-refractivity contribution in [3.05, 3.63) is 0 Å². The van der Waals surface area contributed by atoms with Gasteiger partial charge in [0.25, 0.3) is 0 Å². The number of hydrogen-bond donors (Lipinski definition) is 0. The van der Waals surface area contributed by atoms with Crippen LogP contribution in [0.3, 0.4) is 0 Å². The summed E-state index contributed by atoms with van der Waals surface area (Å²) in [6, 6.07) is 0. The third-order valence-corrected chi connectivity index (χ3v) is 2.45. The van der Waals surface area contributed by atoms with Crippen molar-refractivity contribution in [2.75, 3.05) is 20.2 Å². The molecule has 1 rings (SSSR count). The number of rotatable bonds is 4. The predicted molar refractivity (Wildman–Crippen MR) is 51.6 cm³/mol. The van der Waals surface area contributed by atoms with E-state index in [0.29, 0.717) is 19.6 Å². The van der Waals surface area contributed by atoms with Crippen molar-refractivity contribution >= 4 is 11.9 Å². The van der Waals surface area contributed by atoms with Crippen molar-refractivity contribution in [1.82, 2.24) is 4.90 Å². The van der Waals surface area contributed by atoms with E-state index in [1.165, 1.54) is 0 Å². The fourth-order valence-electron chi connectivity index (χ4n) is 1.46. The molecule has 0 N–H and O–H groups in total. The van der Waals surface area contributed by atoms with Crippen LogP contribution >= 0.6 is 0 Å². The third-order valence-electron chi connectivity index (χ3n) is 2.45. The van der Waals surface area contributed by atoms with Gasteiger partial charge in [-0.1, -0.05) is 13.3 Å². The van der Waals surface area contributed by atoms with E-state index >= 15 is 0 Å². The summed E-state index contributed by atoms with van der Waals surface area (Å²) >= 11 is 0. The minimum absolute atomic E-state index is 0.105. The summed E-state index contributed by atoms with van der Waals surface area (Å²) in [7, 11) is 1.71. The smallest absolute Gasteiger partial charge is 0.318 e. The van der Waals surface area contributed by atoms with E-state index in [1.807, 2.05) is 6.92 Å². The van der Waals surface area contributed by atoms with Crippen molar-refractivity contribution in [2.24, 2.45) is 5.92 Å². The Morgan fingerprint density at radius 1 is 1.64 bits per heavy atom. The summed E-state index contributed by atoms with van der Waals surface area (Å²) in [5.41, 5.74) is 0. The summed E-state index contributed by atoms with van der Waals surface area (Å²) in [6.07, 6.45) is 2.45. The molecule has 1 saturated heterocycles. The number of hydrogen-bond acceptors (Lipinski definition) is 3. The fraction of sp³-hybridized carbons (Fsp3) is 0.800. The number of amides is 1. The first-order valence-corrected chi connectivity index (χ1v) is 5.08. The number of nitrogens with zero attached hydrogens (tertiary/aromatic N) is 1. The van der Waals surface area contributed by atoms with Crippen LogP contribution in [-0.4, -0.2) is 37.0 Å². The molecule has 1 unspecified atom stereocenters. The molecule has 4 nitrogen and oxygen atoms in total. The normalized spacial score (nSPS) is 21.4. The molecule has 1 aliphatic rings. The highest BCUT2D eigenvalue weighted by Crippen LogP contribution is 2.17. The van der Waals surface area contributed by atoms with Gasteiger partial charge in [-0.15, -0.1) is 0 Å². The molecule has 14 heavy (non-hydrogen) atoms. The van der Waals surface area contributed by atoms with Crippen molar-refractivity contribution in [1.29, 1.82) is 0 Å². The van der Waals surface area contributed by atoms with Crippen LogP contribution < -0.4 is 0 Å². The molecule has 0 radical (unpaired) electrons. The Kier molecular flexibility index (Phi) is 3.92. The number of likely N-dealkylation sites (tertiary alicyclic amines) is 1. The zero-order valence-electron chi connectivity index (χ0n) is 8.78. The maximum Gasteiger partial charge on any atom is 0.318 e. The molecule has 0 bridgehead atoms. The van der Waals surface area contributed by atoms with E-state index in [2.05, 4.69) is 0 Å². The van der Waals surface area contributed by atoms with Gasteiger partial charge >= 0.3 is 5.97 Å². The molecule has 1 aliphatic heterocycles. The second-order valence-corrected chi connectivity index (χ2v) is 3.62. The first kappa shape index (κ1) is 11.0. The highest BCUT2D eigenvalue weighted by atomic mass is 16.5. The predicted octanol–water partition coefficient (Wildman–Crippen LogP) is 0.808. The van der Waals surface area contributed by atoms with E-state index < -0.39 is 5.92 Å². The second kappa shape index (κ2) is 4.98. The minimum atomic E-state index is -0.545. The van der Waals surface area contributed by atoms with E-state index in [1.54, 1.807) is 11.9 Å². The van der Waals surface area contributed by atoms with Gasteiger partial charge in [-0.05, 0) is 12.8 Å². The topological polar surface area (TPSA) is 46.6 Å². The lowest BCUT2D eigenvalue weighted by atomic mass is 10.1. The standard InChI is InChI=1S/C10H17NO3/c1-3-4-7-14-10(13)8-5-6-11(2)9(8)12/h8H,3-7H2,1-2H3. The lowest BCUT2D eigenvalue weighted by Crippen LogP contribution is -2.28. The summed E-state index contributed by atoms with van der Waals surface area (Å²) in [4.78, 5) is 24.4. The molecule has 1 amide bonds. The minimum Gasteiger partial charge on any atom is -0.465 e. The lowest BCUT2D eigenvalue weighted by Gasteiger charge is -2.09. The van der Waals surface area contributed by atoms with Crippen LogP contribution in [0.5, 0.6) is 0 Å². The second-order valence-electron chi connectivity index (χ2n) is 3.62. The highest BCUT2D eigenvalue weighted by Gasteiger charge is 2.35. The molecule has 0 saturated carbocycles. The van der Waals surface area contributed by atoms with Gasteiger partial charge in [0.1, 0.15) is 5.92 Å². The Labute approximate surface area is 84.2 Å². The highest BCUT2D eigenvalue weighted by molar-refractivity contribution is 5.99. The third kappa shape index (κ3) is 2.47. The van der Waals surface area contributed by atoms with E-state index in [9.17, 15) is 9.59 Å². The molecule has 0 aliphatic carbocycles. The van der Waals surface area contributed by atoms with Crippen LogP contribution in [0.15, 0.2) is 0 Å². The maximum atomic E-state index is 11.4. The average molecular weight is 199 g/mol. The zero-order chi connectivity index (χ0) is 10.6.